The molecule has 0 saturated carbocycles. The maximum Gasteiger partial charge on any atom is 0.255 e. The van der Waals surface area contributed by atoms with Crippen LogP contribution >= 0.6 is 11.6 Å². The van der Waals surface area contributed by atoms with Gasteiger partial charge in [-0.1, -0.05) is 29.8 Å². The summed E-state index contributed by atoms with van der Waals surface area (Å²) in [4.78, 5) is 9.99. The number of halogens is 2. The van der Waals surface area contributed by atoms with E-state index in [2.05, 4.69) is 15.1 Å². The summed E-state index contributed by atoms with van der Waals surface area (Å²) in [6.45, 7) is 1.91. The summed E-state index contributed by atoms with van der Waals surface area (Å²) >= 11 is 6.01. The Morgan fingerprint density at radius 1 is 1.33 bits per heavy atom. The SMILES string of the molecule is CC(c1ccccc1F)N(C)c1cc(Cl)nc2ncnn12. The van der Waals surface area contributed by atoms with Gasteiger partial charge in [0.15, 0.2) is 0 Å². The highest BCUT2D eigenvalue weighted by Gasteiger charge is 2.19. The Balaban J connectivity index is 2.06. The number of benzene rings is 1. The van der Waals surface area contributed by atoms with E-state index in [1.54, 1.807) is 22.7 Å². The molecular formula is C14H13ClFN5. The van der Waals surface area contributed by atoms with Crippen LogP contribution in [0, 0.1) is 5.82 Å². The van der Waals surface area contributed by atoms with E-state index in [0.29, 0.717) is 22.3 Å². The summed E-state index contributed by atoms with van der Waals surface area (Å²) in [5.74, 6) is 0.857. The second-order valence-electron chi connectivity index (χ2n) is 4.72. The number of aromatic nitrogens is 4. The standard InChI is InChI=1S/C14H13ClFN5/c1-9(10-5-3-4-6-11(10)16)20(2)13-7-12(15)19-14-17-8-18-21(13)14/h3-9H,1-2H3. The molecule has 0 fully saturated rings. The van der Waals surface area contributed by atoms with Crippen LogP contribution in [0.4, 0.5) is 10.2 Å². The lowest BCUT2D eigenvalue weighted by molar-refractivity contribution is 0.582. The number of fused-ring (bicyclic) bond motifs is 1. The Morgan fingerprint density at radius 2 is 2.10 bits per heavy atom. The zero-order valence-electron chi connectivity index (χ0n) is 11.5. The van der Waals surface area contributed by atoms with Gasteiger partial charge in [0, 0.05) is 18.7 Å². The van der Waals surface area contributed by atoms with Crippen LogP contribution in [0.3, 0.4) is 0 Å². The van der Waals surface area contributed by atoms with Crippen LogP contribution in [-0.4, -0.2) is 26.6 Å². The highest BCUT2D eigenvalue weighted by molar-refractivity contribution is 6.29. The lowest BCUT2D eigenvalue weighted by atomic mass is 10.1. The molecule has 5 nitrogen and oxygen atoms in total. The summed E-state index contributed by atoms with van der Waals surface area (Å²) < 4.78 is 15.5. The molecule has 7 heteroatoms. The molecule has 0 N–H and O–H groups in total. The van der Waals surface area contributed by atoms with Crippen molar-refractivity contribution < 1.29 is 4.39 Å². The van der Waals surface area contributed by atoms with Crippen LogP contribution in [0.25, 0.3) is 5.78 Å². The van der Waals surface area contributed by atoms with Gasteiger partial charge in [0.1, 0.15) is 23.1 Å². The average molecular weight is 306 g/mol. The molecule has 21 heavy (non-hydrogen) atoms. The fourth-order valence-corrected chi connectivity index (χ4v) is 2.41. The van der Waals surface area contributed by atoms with Gasteiger partial charge in [0.05, 0.1) is 6.04 Å². The molecule has 1 aromatic carbocycles. The van der Waals surface area contributed by atoms with Crippen LogP contribution in [0.15, 0.2) is 36.7 Å². The first-order valence-corrected chi connectivity index (χ1v) is 6.79. The molecule has 0 saturated heterocycles. The molecule has 2 heterocycles. The minimum absolute atomic E-state index is 0.197. The smallest absolute Gasteiger partial charge is 0.255 e. The third-order valence-corrected chi connectivity index (χ3v) is 3.69. The minimum Gasteiger partial charge on any atom is -0.353 e. The summed E-state index contributed by atoms with van der Waals surface area (Å²) in [7, 11) is 1.85. The molecule has 0 spiro atoms. The Hall–Kier alpha value is -2.21. The molecule has 1 atom stereocenters. The molecular weight excluding hydrogens is 293 g/mol. The van der Waals surface area contributed by atoms with Crippen molar-refractivity contribution in [3.05, 3.63) is 53.2 Å². The molecule has 0 aliphatic heterocycles. The van der Waals surface area contributed by atoms with Crippen LogP contribution in [0.2, 0.25) is 5.15 Å². The molecule has 0 radical (unpaired) electrons. The van der Waals surface area contributed by atoms with E-state index in [4.69, 9.17) is 11.6 Å². The minimum atomic E-state index is -0.244. The molecule has 1 unspecified atom stereocenters. The van der Waals surface area contributed by atoms with E-state index in [1.807, 2.05) is 24.9 Å². The van der Waals surface area contributed by atoms with Gasteiger partial charge in [0.25, 0.3) is 5.78 Å². The third-order valence-electron chi connectivity index (χ3n) is 3.50. The first kappa shape index (κ1) is 13.8. The normalized spacial score (nSPS) is 12.6. The van der Waals surface area contributed by atoms with Crippen molar-refractivity contribution in [1.29, 1.82) is 0 Å². The van der Waals surface area contributed by atoms with E-state index in [9.17, 15) is 4.39 Å². The zero-order valence-corrected chi connectivity index (χ0v) is 12.3. The molecule has 3 rings (SSSR count). The van der Waals surface area contributed by atoms with Crippen LogP contribution < -0.4 is 4.90 Å². The van der Waals surface area contributed by atoms with Crippen LogP contribution in [0.5, 0.6) is 0 Å². The number of anilines is 1. The quantitative estimate of drug-likeness (QED) is 0.698. The van der Waals surface area contributed by atoms with E-state index < -0.39 is 0 Å². The van der Waals surface area contributed by atoms with Crippen molar-refractivity contribution in [1.82, 2.24) is 19.6 Å². The Bertz CT molecular complexity index is 788. The summed E-state index contributed by atoms with van der Waals surface area (Å²) in [6.07, 6.45) is 1.41. The molecule has 108 valence electrons. The first-order valence-electron chi connectivity index (χ1n) is 6.41. The van der Waals surface area contributed by atoms with Gasteiger partial charge in [-0.3, -0.25) is 0 Å². The fraction of sp³-hybridized carbons (Fsp3) is 0.214. The van der Waals surface area contributed by atoms with Crippen molar-refractivity contribution in [3.8, 4) is 0 Å². The average Bonchev–Trinajstić information content (AvgIpc) is 2.93. The second kappa shape index (κ2) is 5.29. The lowest BCUT2D eigenvalue weighted by Crippen LogP contribution is -2.25. The van der Waals surface area contributed by atoms with Crippen molar-refractivity contribution in [2.45, 2.75) is 13.0 Å². The van der Waals surface area contributed by atoms with Gasteiger partial charge in [-0.05, 0) is 13.0 Å². The molecule has 3 aromatic rings. The molecule has 0 aliphatic carbocycles. The van der Waals surface area contributed by atoms with Crippen LogP contribution in [-0.2, 0) is 0 Å². The van der Waals surface area contributed by atoms with E-state index in [0.717, 1.165) is 0 Å². The van der Waals surface area contributed by atoms with E-state index in [1.165, 1.54) is 12.4 Å². The molecule has 0 aliphatic rings. The monoisotopic (exact) mass is 305 g/mol. The van der Waals surface area contributed by atoms with Gasteiger partial charge in [-0.2, -0.15) is 19.6 Å². The van der Waals surface area contributed by atoms with Gasteiger partial charge >= 0.3 is 0 Å². The zero-order chi connectivity index (χ0) is 15.0. The van der Waals surface area contributed by atoms with E-state index in [-0.39, 0.29) is 11.9 Å². The van der Waals surface area contributed by atoms with E-state index >= 15 is 0 Å². The van der Waals surface area contributed by atoms with Gasteiger partial charge in [-0.25, -0.2) is 4.39 Å². The van der Waals surface area contributed by atoms with Gasteiger partial charge in [-0.15, -0.1) is 0 Å². The van der Waals surface area contributed by atoms with Crippen molar-refractivity contribution in [2.24, 2.45) is 0 Å². The summed E-state index contributed by atoms with van der Waals surface area (Å²) in [5.41, 5.74) is 0.598. The number of nitrogens with zero attached hydrogens (tertiary/aromatic N) is 5. The Morgan fingerprint density at radius 3 is 2.86 bits per heavy atom. The van der Waals surface area contributed by atoms with Crippen molar-refractivity contribution >= 4 is 23.2 Å². The fourth-order valence-electron chi connectivity index (χ4n) is 2.24. The molecule has 2 aromatic heterocycles. The number of rotatable bonds is 3. The van der Waals surface area contributed by atoms with Crippen LogP contribution in [0.1, 0.15) is 18.5 Å². The van der Waals surface area contributed by atoms with Crippen molar-refractivity contribution in [3.63, 3.8) is 0 Å². The maximum absolute atomic E-state index is 13.9. The predicted octanol–water partition coefficient (Wildman–Crippen LogP) is 3.11. The predicted molar refractivity (Wildman–Crippen MR) is 79.0 cm³/mol. The van der Waals surface area contributed by atoms with Gasteiger partial charge < -0.3 is 4.90 Å². The second-order valence-corrected chi connectivity index (χ2v) is 5.10. The number of hydrogen-bond acceptors (Lipinski definition) is 4. The molecule has 0 bridgehead atoms. The highest BCUT2D eigenvalue weighted by atomic mass is 35.5. The van der Waals surface area contributed by atoms with Crippen molar-refractivity contribution in [2.75, 3.05) is 11.9 Å². The molecule has 0 amide bonds. The lowest BCUT2D eigenvalue weighted by Gasteiger charge is -2.27. The largest absolute Gasteiger partial charge is 0.353 e. The first-order chi connectivity index (χ1) is 10.1. The summed E-state index contributed by atoms with van der Waals surface area (Å²) in [6, 6.07) is 8.18. The third kappa shape index (κ3) is 2.42. The maximum atomic E-state index is 13.9. The number of hydrogen-bond donors (Lipinski definition) is 0. The Labute approximate surface area is 126 Å². The highest BCUT2D eigenvalue weighted by Crippen LogP contribution is 2.28. The Kier molecular flexibility index (Phi) is 3.47. The van der Waals surface area contributed by atoms with Gasteiger partial charge in [0.2, 0.25) is 0 Å². The summed E-state index contributed by atoms with van der Waals surface area (Å²) in [5, 5.41) is 4.45. The topological polar surface area (TPSA) is 46.3 Å².